The maximum atomic E-state index is 11.4. The number of rotatable bonds is 5. The van der Waals surface area contributed by atoms with Gasteiger partial charge in [-0.25, -0.2) is 9.48 Å². The van der Waals surface area contributed by atoms with Crippen molar-refractivity contribution in [2.24, 2.45) is 0 Å². The number of piperidine rings is 1. The second-order valence-corrected chi connectivity index (χ2v) is 8.57. The number of ether oxygens (including phenoxy) is 2. The van der Waals surface area contributed by atoms with E-state index in [0.29, 0.717) is 0 Å². The number of nitrogens with zero attached hydrogens (tertiary/aromatic N) is 5. The summed E-state index contributed by atoms with van der Waals surface area (Å²) in [6.07, 6.45) is 9.00. The normalized spacial score (nSPS) is 30.9. The zero-order chi connectivity index (χ0) is 20.5. The number of carboxylic acid groups (broad SMARTS) is 1. The molecule has 0 radical (unpaired) electrons. The molecule has 0 spiro atoms. The van der Waals surface area contributed by atoms with Crippen molar-refractivity contribution in [1.29, 1.82) is 0 Å². The zero-order valence-corrected chi connectivity index (χ0v) is 16.8. The third-order valence-electron chi connectivity index (χ3n) is 6.67. The van der Waals surface area contributed by atoms with Gasteiger partial charge < -0.3 is 19.5 Å². The summed E-state index contributed by atoms with van der Waals surface area (Å²) in [5.74, 6) is 0.855. The fourth-order valence-electron chi connectivity index (χ4n) is 5.26. The van der Waals surface area contributed by atoms with E-state index in [2.05, 4.69) is 15.5 Å². The molecule has 1 amide bonds. The molecule has 2 saturated heterocycles. The van der Waals surface area contributed by atoms with Crippen LogP contribution in [0, 0.1) is 0 Å². The van der Waals surface area contributed by atoms with Gasteiger partial charge in [0.2, 0.25) is 0 Å². The summed E-state index contributed by atoms with van der Waals surface area (Å²) < 4.78 is 14.2. The number of hydrogen-bond acceptors (Lipinski definition) is 6. The lowest BCUT2D eigenvalue weighted by atomic mass is 9.93. The second-order valence-electron chi connectivity index (χ2n) is 8.57. The average Bonchev–Trinajstić information content (AvgIpc) is 3.37. The minimum absolute atomic E-state index is 0.141. The smallest absolute Gasteiger partial charge is 0.407 e. The Morgan fingerprint density at radius 3 is 2.20 bits per heavy atom. The number of carbonyl (C=O) groups is 1. The summed E-state index contributed by atoms with van der Waals surface area (Å²) in [5.41, 5.74) is 0.896. The Balaban J connectivity index is 1.08. The van der Waals surface area contributed by atoms with E-state index in [1.165, 1.54) is 0 Å². The summed E-state index contributed by atoms with van der Waals surface area (Å²) in [6, 6.07) is 8.07. The maximum absolute atomic E-state index is 11.4. The Kier molecular flexibility index (Phi) is 5.28. The number of tetrazole rings is 1. The largest absolute Gasteiger partial charge is 0.490 e. The summed E-state index contributed by atoms with van der Waals surface area (Å²) in [7, 11) is 0. The van der Waals surface area contributed by atoms with Gasteiger partial charge in [0, 0.05) is 12.1 Å². The topological polar surface area (TPSA) is 103 Å². The number of benzene rings is 1. The molecule has 160 valence electrons. The number of fused-ring (bicyclic) bond motifs is 2. The molecule has 30 heavy (non-hydrogen) atoms. The molecule has 9 heteroatoms. The molecule has 3 heterocycles. The van der Waals surface area contributed by atoms with E-state index in [1.54, 1.807) is 15.9 Å². The third kappa shape index (κ3) is 3.98. The van der Waals surface area contributed by atoms with Gasteiger partial charge >= 0.3 is 6.09 Å². The van der Waals surface area contributed by atoms with Crippen LogP contribution in [0.2, 0.25) is 0 Å². The van der Waals surface area contributed by atoms with Crippen molar-refractivity contribution in [1.82, 2.24) is 25.1 Å². The third-order valence-corrected chi connectivity index (χ3v) is 6.67. The molecule has 2 atom stereocenters. The summed E-state index contributed by atoms with van der Waals surface area (Å²) in [6.45, 7) is 0. The molecule has 5 rings (SSSR count). The molecule has 2 aliphatic heterocycles. The molecule has 9 nitrogen and oxygen atoms in total. The highest BCUT2D eigenvalue weighted by atomic mass is 16.5. The second kappa shape index (κ2) is 8.22. The standard InChI is InChI=1S/C21H27N5O4/c27-21(28)26-15-1-2-16(26)12-20(11-15)30-19-9-7-18(8-10-19)29-17-5-3-14(4-6-17)25-13-22-23-24-25/h3-6,13,15-16,18-20H,1-2,7-12H2,(H,27,28)/t15?,16?,18-,19-,20?. The number of hydrogen-bond donors (Lipinski definition) is 1. The minimum Gasteiger partial charge on any atom is -0.490 e. The maximum Gasteiger partial charge on any atom is 0.407 e. The predicted octanol–water partition coefficient (Wildman–Crippen LogP) is 3.04. The van der Waals surface area contributed by atoms with Crippen molar-refractivity contribution >= 4 is 6.09 Å². The van der Waals surface area contributed by atoms with Crippen molar-refractivity contribution < 1.29 is 19.4 Å². The van der Waals surface area contributed by atoms with E-state index >= 15 is 0 Å². The van der Waals surface area contributed by atoms with Gasteiger partial charge in [-0.2, -0.15) is 0 Å². The fourth-order valence-corrected chi connectivity index (χ4v) is 5.26. The van der Waals surface area contributed by atoms with Crippen LogP contribution in [-0.2, 0) is 4.74 Å². The lowest BCUT2D eigenvalue weighted by Gasteiger charge is -2.39. The Morgan fingerprint density at radius 2 is 1.60 bits per heavy atom. The first-order valence-corrected chi connectivity index (χ1v) is 10.8. The molecule has 1 saturated carbocycles. The van der Waals surface area contributed by atoms with Crippen LogP contribution in [0.25, 0.3) is 5.69 Å². The van der Waals surface area contributed by atoms with Gasteiger partial charge in [-0.3, -0.25) is 0 Å². The van der Waals surface area contributed by atoms with Crippen LogP contribution in [0.5, 0.6) is 5.75 Å². The minimum atomic E-state index is -0.774. The molecule has 3 fully saturated rings. The Morgan fingerprint density at radius 1 is 0.933 bits per heavy atom. The van der Waals surface area contributed by atoms with Crippen LogP contribution in [0.1, 0.15) is 51.4 Å². The highest BCUT2D eigenvalue weighted by Gasteiger charge is 2.44. The SMILES string of the molecule is O=C(O)N1C2CCC1CC(O[C@H]1CC[C@H](Oc3ccc(-n4cnnn4)cc3)CC1)C2. The lowest BCUT2D eigenvalue weighted by Crippen LogP contribution is -2.48. The molecule has 2 bridgehead atoms. The Bertz CT molecular complexity index is 837. The van der Waals surface area contributed by atoms with E-state index in [-0.39, 0.29) is 30.4 Å². The Hall–Kier alpha value is -2.68. The van der Waals surface area contributed by atoms with Gasteiger partial charge in [0.05, 0.1) is 24.0 Å². The van der Waals surface area contributed by atoms with Crippen LogP contribution in [-0.4, -0.2) is 66.7 Å². The number of aromatic nitrogens is 4. The molecule has 2 unspecified atom stereocenters. The molecule has 3 aliphatic rings. The lowest BCUT2D eigenvalue weighted by molar-refractivity contribution is -0.0763. The van der Waals surface area contributed by atoms with Gasteiger partial charge in [-0.05, 0) is 86.1 Å². The quantitative estimate of drug-likeness (QED) is 0.804. The van der Waals surface area contributed by atoms with Crippen molar-refractivity contribution in [2.45, 2.75) is 81.8 Å². The van der Waals surface area contributed by atoms with Crippen LogP contribution in [0.15, 0.2) is 30.6 Å². The zero-order valence-electron chi connectivity index (χ0n) is 16.8. The molecule has 2 aromatic rings. The van der Waals surface area contributed by atoms with Crippen molar-refractivity contribution in [3.8, 4) is 11.4 Å². The van der Waals surface area contributed by atoms with Gasteiger partial charge in [0.1, 0.15) is 12.1 Å². The first kappa shape index (κ1) is 19.3. The first-order valence-electron chi connectivity index (χ1n) is 10.8. The van der Waals surface area contributed by atoms with Gasteiger partial charge in [0.15, 0.2) is 0 Å². The van der Waals surface area contributed by atoms with Gasteiger partial charge in [-0.15, -0.1) is 5.10 Å². The summed E-state index contributed by atoms with van der Waals surface area (Å²) >= 11 is 0. The average molecular weight is 413 g/mol. The summed E-state index contributed by atoms with van der Waals surface area (Å²) in [4.78, 5) is 13.1. The molecule has 1 aliphatic carbocycles. The van der Waals surface area contributed by atoms with E-state index in [1.807, 2.05) is 24.3 Å². The van der Waals surface area contributed by atoms with E-state index < -0.39 is 6.09 Å². The van der Waals surface area contributed by atoms with Crippen LogP contribution >= 0.6 is 0 Å². The highest BCUT2D eigenvalue weighted by Crippen LogP contribution is 2.38. The first-order chi connectivity index (χ1) is 14.7. The molecular weight excluding hydrogens is 386 g/mol. The fraction of sp³-hybridized carbons (Fsp3) is 0.619. The van der Waals surface area contributed by atoms with Crippen molar-refractivity contribution in [3.63, 3.8) is 0 Å². The molecular formula is C21H27N5O4. The summed E-state index contributed by atoms with van der Waals surface area (Å²) in [5, 5.41) is 20.6. The van der Waals surface area contributed by atoms with Crippen molar-refractivity contribution in [3.05, 3.63) is 30.6 Å². The molecule has 1 aromatic carbocycles. The Labute approximate surface area is 175 Å². The van der Waals surface area contributed by atoms with Gasteiger partial charge in [0.25, 0.3) is 0 Å². The van der Waals surface area contributed by atoms with Crippen LogP contribution in [0.3, 0.4) is 0 Å². The van der Waals surface area contributed by atoms with Crippen LogP contribution < -0.4 is 4.74 Å². The highest BCUT2D eigenvalue weighted by molar-refractivity contribution is 5.66. The van der Waals surface area contributed by atoms with Crippen LogP contribution in [0.4, 0.5) is 4.79 Å². The predicted molar refractivity (Wildman–Crippen MR) is 107 cm³/mol. The molecule has 1 N–H and O–H groups in total. The van der Waals surface area contributed by atoms with E-state index in [4.69, 9.17) is 9.47 Å². The number of amides is 1. The van der Waals surface area contributed by atoms with Gasteiger partial charge in [-0.1, -0.05) is 0 Å². The molecule has 1 aromatic heterocycles. The van der Waals surface area contributed by atoms with Crippen molar-refractivity contribution in [2.75, 3.05) is 0 Å². The van der Waals surface area contributed by atoms with E-state index in [9.17, 15) is 9.90 Å². The monoisotopic (exact) mass is 413 g/mol. The van der Waals surface area contributed by atoms with E-state index in [0.717, 1.165) is 62.8 Å².